The highest BCUT2D eigenvalue weighted by molar-refractivity contribution is 6.30. The van der Waals surface area contributed by atoms with E-state index >= 15 is 0 Å². The lowest BCUT2D eigenvalue weighted by Crippen LogP contribution is -2.43. The lowest BCUT2D eigenvalue weighted by Gasteiger charge is -2.33. The summed E-state index contributed by atoms with van der Waals surface area (Å²) in [6, 6.07) is 6.26. The molecule has 0 aliphatic carbocycles. The van der Waals surface area contributed by atoms with Crippen LogP contribution in [-0.4, -0.2) is 33.6 Å². The van der Waals surface area contributed by atoms with E-state index < -0.39 is 18.1 Å². The van der Waals surface area contributed by atoms with Gasteiger partial charge in [-0.05, 0) is 37.6 Å². The Labute approximate surface area is 174 Å². The van der Waals surface area contributed by atoms with Crippen LogP contribution in [0.1, 0.15) is 34.3 Å². The fourth-order valence-corrected chi connectivity index (χ4v) is 3.43. The molecule has 4 rings (SSSR count). The molecule has 1 unspecified atom stereocenters. The van der Waals surface area contributed by atoms with Crippen molar-refractivity contribution in [1.82, 2.24) is 14.9 Å². The Morgan fingerprint density at radius 1 is 1.30 bits per heavy atom. The highest BCUT2D eigenvalue weighted by Gasteiger charge is 2.46. The first kappa shape index (κ1) is 20.3. The molecule has 11 heteroatoms. The van der Waals surface area contributed by atoms with Crippen molar-refractivity contribution in [1.29, 1.82) is 0 Å². The van der Waals surface area contributed by atoms with Crippen LogP contribution in [0.25, 0.3) is 0 Å². The van der Waals surface area contributed by atoms with Gasteiger partial charge in [-0.2, -0.15) is 18.3 Å². The maximum Gasteiger partial charge on any atom is 0.410 e. The monoisotopic (exact) mass is 440 g/mol. The van der Waals surface area contributed by atoms with Gasteiger partial charge in [-0.3, -0.25) is 9.69 Å². The molecule has 0 bridgehead atoms. The van der Waals surface area contributed by atoms with E-state index in [1.165, 1.54) is 17.2 Å². The van der Waals surface area contributed by atoms with Gasteiger partial charge in [0.15, 0.2) is 11.7 Å². The molecule has 7 nitrogen and oxygen atoms in total. The molecule has 3 heterocycles. The highest BCUT2D eigenvalue weighted by atomic mass is 35.5. The molecule has 0 fully saturated rings. The number of anilines is 1. The molecule has 0 saturated carbocycles. The van der Waals surface area contributed by atoms with E-state index in [0.29, 0.717) is 22.1 Å². The van der Waals surface area contributed by atoms with Gasteiger partial charge in [-0.25, -0.2) is 4.68 Å². The van der Waals surface area contributed by atoms with E-state index in [0.717, 1.165) is 4.68 Å². The molecule has 1 amide bonds. The summed E-state index contributed by atoms with van der Waals surface area (Å²) >= 11 is 5.85. The number of nitrogens with zero attached hydrogens (tertiary/aromatic N) is 4. The van der Waals surface area contributed by atoms with Gasteiger partial charge >= 0.3 is 6.18 Å². The topological polar surface area (TPSA) is 73.4 Å². The summed E-state index contributed by atoms with van der Waals surface area (Å²) in [5, 5.41) is 8.14. The van der Waals surface area contributed by atoms with Crippen LogP contribution in [0.15, 0.2) is 41.1 Å². The largest absolute Gasteiger partial charge is 0.489 e. The third kappa shape index (κ3) is 3.74. The zero-order valence-corrected chi connectivity index (χ0v) is 16.4. The van der Waals surface area contributed by atoms with Gasteiger partial charge in [0.05, 0.1) is 11.8 Å². The summed E-state index contributed by atoms with van der Waals surface area (Å²) in [5.74, 6) is 0.385. The van der Waals surface area contributed by atoms with E-state index in [9.17, 15) is 18.0 Å². The van der Waals surface area contributed by atoms with Gasteiger partial charge in [-0.1, -0.05) is 16.8 Å². The highest BCUT2D eigenvalue weighted by Crippen LogP contribution is 2.39. The smallest absolute Gasteiger partial charge is 0.410 e. The van der Waals surface area contributed by atoms with E-state index in [4.69, 9.17) is 20.9 Å². The van der Waals surface area contributed by atoms with E-state index in [1.54, 1.807) is 31.2 Å². The van der Waals surface area contributed by atoms with E-state index in [1.807, 2.05) is 0 Å². The molecule has 3 aromatic rings. The van der Waals surface area contributed by atoms with Crippen molar-refractivity contribution >= 4 is 23.3 Å². The summed E-state index contributed by atoms with van der Waals surface area (Å²) in [6.45, 7) is 1.50. The van der Waals surface area contributed by atoms with Crippen LogP contribution in [0.5, 0.6) is 5.75 Å². The van der Waals surface area contributed by atoms with Crippen molar-refractivity contribution in [3.05, 3.63) is 58.6 Å². The van der Waals surface area contributed by atoms with E-state index in [-0.39, 0.29) is 31.1 Å². The molecule has 1 aromatic carbocycles. The molecule has 2 aromatic heterocycles. The Hall–Kier alpha value is -3.01. The van der Waals surface area contributed by atoms with Crippen LogP contribution in [0, 0.1) is 6.92 Å². The second-order valence-electron chi connectivity index (χ2n) is 6.75. The quantitative estimate of drug-likeness (QED) is 0.594. The Bertz CT molecular complexity index is 1060. The number of amides is 1. The van der Waals surface area contributed by atoms with Gasteiger partial charge in [0.1, 0.15) is 23.9 Å². The van der Waals surface area contributed by atoms with Gasteiger partial charge in [0.2, 0.25) is 0 Å². The number of benzene rings is 1. The first-order valence-corrected chi connectivity index (χ1v) is 9.39. The third-order valence-electron chi connectivity index (χ3n) is 4.85. The van der Waals surface area contributed by atoms with Crippen LogP contribution in [0.2, 0.25) is 5.02 Å². The first-order valence-electron chi connectivity index (χ1n) is 9.01. The second kappa shape index (κ2) is 7.67. The maximum absolute atomic E-state index is 13.3. The predicted octanol–water partition coefficient (Wildman–Crippen LogP) is 4.57. The number of hydrogen-bond acceptors (Lipinski definition) is 5. The van der Waals surface area contributed by atoms with Crippen molar-refractivity contribution in [2.45, 2.75) is 32.2 Å². The number of aromatic nitrogens is 3. The zero-order valence-electron chi connectivity index (χ0n) is 15.7. The van der Waals surface area contributed by atoms with Crippen molar-refractivity contribution in [2.24, 2.45) is 0 Å². The number of fused-ring (bicyclic) bond motifs is 1. The summed E-state index contributed by atoms with van der Waals surface area (Å²) in [5.41, 5.74) is 0.402. The van der Waals surface area contributed by atoms with Crippen LogP contribution >= 0.6 is 11.6 Å². The SMILES string of the molecule is Cc1onc(C(=O)N2CCC(C(F)(F)F)n3nccc32)c1COc1ccc(Cl)cc1. The van der Waals surface area contributed by atoms with Crippen molar-refractivity contribution in [3.8, 4) is 5.75 Å². The normalized spacial score (nSPS) is 16.4. The fraction of sp³-hybridized carbons (Fsp3) is 0.316. The Balaban J connectivity index is 1.58. The molecular formula is C19H16ClF3N4O3. The molecule has 30 heavy (non-hydrogen) atoms. The van der Waals surface area contributed by atoms with Crippen LogP contribution in [0.4, 0.5) is 19.0 Å². The van der Waals surface area contributed by atoms with Crippen molar-refractivity contribution in [3.63, 3.8) is 0 Å². The molecule has 0 N–H and O–H groups in total. The Kier molecular flexibility index (Phi) is 5.19. The average Bonchev–Trinajstić information content (AvgIpc) is 3.32. The number of carbonyl (C=O) groups is 1. The lowest BCUT2D eigenvalue weighted by atomic mass is 10.1. The van der Waals surface area contributed by atoms with Crippen molar-refractivity contribution in [2.75, 3.05) is 11.4 Å². The average molecular weight is 441 g/mol. The molecule has 0 saturated heterocycles. The predicted molar refractivity (Wildman–Crippen MR) is 101 cm³/mol. The minimum absolute atomic E-state index is 0.00365. The minimum atomic E-state index is -4.46. The maximum atomic E-state index is 13.3. The number of alkyl halides is 3. The molecule has 0 radical (unpaired) electrons. The summed E-state index contributed by atoms with van der Waals surface area (Å²) in [7, 11) is 0. The van der Waals surface area contributed by atoms with Crippen LogP contribution < -0.4 is 9.64 Å². The fourth-order valence-electron chi connectivity index (χ4n) is 3.30. The molecule has 1 atom stereocenters. The molecule has 158 valence electrons. The minimum Gasteiger partial charge on any atom is -0.489 e. The van der Waals surface area contributed by atoms with Gasteiger partial charge < -0.3 is 9.26 Å². The Morgan fingerprint density at radius 2 is 2.03 bits per heavy atom. The molecular weight excluding hydrogens is 425 g/mol. The first-order chi connectivity index (χ1) is 14.3. The number of rotatable bonds is 4. The van der Waals surface area contributed by atoms with Gasteiger partial charge in [0.25, 0.3) is 5.91 Å². The second-order valence-corrected chi connectivity index (χ2v) is 7.18. The Morgan fingerprint density at radius 3 is 2.73 bits per heavy atom. The van der Waals surface area contributed by atoms with Crippen LogP contribution in [-0.2, 0) is 6.61 Å². The lowest BCUT2D eigenvalue weighted by molar-refractivity contribution is -0.172. The number of hydrogen-bond donors (Lipinski definition) is 0. The van der Waals surface area contributed by atoms with Crippen molar-refractivity contribution < 1.29 is 27.2 Å². The van der Waals surface area contributed by atoms with Gasteiger partial charge in [0, 0.05) is 17.6 Å². The standard InChI is InChI=1S/C19H16ClF3N4O3/c1-11-14(10-29-13-4-2-12(20)3-5-13)17(25-30-11)18(28)26-9-7-15(19(21,22)23)27-16(26)6-8-24-27/h2-6,8,15H,7,9-10H2,1H3. The summed E-state index contributed by atoms with van der Waals surface area (Å²) < 4.78 is 51.5. The third-order valence-corrected chi connectivity index (χ3v) is 5.11. The molecule has 1 aliphatic rings. The molecule has 0 spiro atoms. The van der Waals surface area contributed by atoms with E-state index in [2.05, 4.69) is 10.3 Å². The number of halogens is 4. The van der Waals surface area contributed by atoms with Crippen LogP contribution in [0.3, 0.4) is 0 Å². The van der Waals surface area contributed by atoms with Gasteiger partial charge in [-0.15, -0.1) is 0 Å². The molecule has 1 aliphatic heterocycles. The number of ether oxygens (including phenoxy) is 1. The summed E-state index contributed by atoms with van der Waals surface area (Å²) in [4.78, 5) is 14.3. The number of carbonyl (C=O) groups excluding carboxylic acids is 1. The number of aryl methyl sites for hydroxylation is 1. The zero-order chi connectivity index (χ0) is 21.5. The summed E-state index contributed by atoms with van der Waals surface area (Å²) in [6.07, 6.45) is -3.53.